The average Bonchev–Trinajstić information content (AvgIpc) is 3.56. The zero-order valence-corrected chi connectivity index (χ0v) is 20.9. The van der Waals surface area contributed by atoms with Gasteiger partial charge in [0.2, 0.25) is 0 Å². The Labute approximate surface area is 201 Å². The Kier molecular flexibility index (Phi) is 6.82. The Balaban J connectivity index is 1.51. The number of aromatic amines is 1. The predicted molar refractivity (Wildman–Crippen MR) is 135 cm³/mol. The molecule has 7 heteroatoms. The second kappa shape index (κ2) is 9.98. The van der Waals surface area contributed by atoms with Crippen molar-refractivity contribution in [1.82, 2.24) is 30.1 Å². The van der Waals surface area contributed by atoms with Crippen LogP contribution in [0.15, 0.2) is 23.0 Å². The van der Waals surface area contributed by atoms with E-state index in [1.807, 2.05) is 0 Å². The summed E-state index contributed by atoms with van der Waals surface area (Å²) >= 11 is 0. The normalized spacial score (nSPS) is 18.8. The molecule has 2 saturated carbocycles. The summed E-state index contributed by atoms with van der Waals surface area (Å²) in [6.45, 7) is 7.02. The molecule has 34 heavy (non-hydrogen) atoms. The monoisotopic (exact) mass is 462 g/mol. The van der Waals surface area contributed by atoms with Gasteiger partial charge in [-0.15, -0.1) is 5.10 Å². The first-order valence-electron chi connectivity index (χ1n) is 13.2. The Morgan fingerprint density at radius 2 is 1.82 bits per heavy atom. The van der Waals surface area contributed by atoms with Crippen molar-refractivity contribution >= 4 is 10.9 Å². The number of nitrogens with zero attached hydrogens (tertiary/aromatic N) is 5. The highest BCUT2D eigenvalue weighted by molar-refractivity contribution is 5.83. The zero-order valence-electron chi connectivity index (χ0n) is 20.9. The van der Waals surface area contributed by atoms with Crippen molar-refractivity contribution in [3.8, 4) is 0 Å². The van der Waals surface area contributed by atoms with Crippen molar-refractivity contribution in [1.29, 1.82) is 0 Å². The third-order valence-corrected chi connectivity index (χ3v) is 8.30. The summed E-state index contributed by atoms with van der Waals surface area (Å²) < 4.78 is 2.12. The summed E-state index contributed by atoms with van der Waals surface area (Å²) in [6.07, 6.45) is 11.9. The van der Waals surface area contributed by atoms with Gasteiger partial charge in [0.15, 0.2) is 5.82 Å². The highest BCUT2D eigenvalue weighted by Gasteiger charge is 2.34. The van der Waals surface area contributed by atoms with Gasteiger partial charge >= 0.3 is 0 Å². The quantitative estimate of drug-likeness (QED) is 0.499. The Bertz CT molecular complexity index is 1190. The third kappa shape index (κ3) is 4.42. The van der Waals surface area contributed by atoms with Crippen LogP contribution in [0.4, 0.5) is 0 Å². The number of hydrogen-bond donors (Lipinski definition) is 1. The number of benzene rings is 1. The maximum Gasteiger partial charge on any atom is 0.252 e. The third-order valence-electron chi connectivity index (χ3n) is 8.30. The van der Waals surface area contributed by atoms with E-state index in [2.05, 4.69) is 69.1 Å². The van der Waals surface area contributed by atoms with Gasteiger partial charge in [0.05, 0.1) is 17.6 Å². The van der Waals surface area contributed by atoms with Crippen LogP contribution in [0.2, 0.25) is 0 Å². The van der Waals surface area contributed by atoms with Crippen LogP contribution in [0.5, 0.6) is 0 Å². The second-order valence-electron chi connectivity index (χ2n) is 10.4. The molecule has 0 spiro atoms. The summed E-state index contributed by atoms with van der Waals surface area (Å²) in [4.78, 5) is 19.0. The second-order valence-corrected chi connectivity index (χ2v) is 10.4. The van der Waals surface area contributed by atoms with E-state index in [9.17, 15) is 4.79 Å². The van der Waals surface area contributed by atoms with Gasteiger partial charge in [0, 0.05) is 18.2 Å². The van der Waals surface area contributed by atoms with Gasteiger partial charge in [-0.2, -0.15) is 0 Å². The number of aryl methyl sites for hydroxylation is 2. The molecular weight excluding hydrogens is 424 g/mol. The first-order chi connectivity index (χ1) is 16.6. The molecule has 3 aromatic rings. The molecule has 5 rings (SSSR count). The van der Waals surface area contributed by atoms with Gasteiger partial charge in [-0.05, 0) is 79.0 Å². The minimum absolute atomic E-state index is 0.0194. The lowest BCUT2D eigenvalue weighted by Crippen LogP contribution is -2.39. The van der Waals surface area contributed by atoms with Crippen LogP contribution >= 0.6 is 0 Å². The van der Waals surface area contributed by atoms with Gasteiger partial charge in [0.25, 0.3) is 5.56 Å². The Morgan fingerprint density at radius 3 is 2.56 bits per heavy atom. The van der Waals surface area contributed by atoms with Crippen LogP contribution in [-0.4, -0.2) is 36.1 Å². The van der Waals surface area contributed by atoms with E-state index in [-0.39, 0.29) is 11.6 Å². The van der Waals surface area contributed by atoms with E-state index < -0.39 is 0 Å². The van der Waals surface area contributed by atoms with E-state index in [0.29, 0.717) is 18.6 Å². The van der Waals surface area contributed by atoms with Crippen molar-refractivity contribution < 1.29 is 0 Å². The SMILES string of the molecule is CCC(c1nnnn1C1CCCCC1)N(Cc1cc2ccc(C)c(C)c2[nH]c1=O)C1CCCC1. The fourth-order valence-electron chi connectivity index (χ4n) is 6.18. The molecule has 0 saturated heterocycles. The lowest BCUT2D eigenvalue weighted by molar-refractivity contribution is 0.109. The number of aromatic nitrogens is 5. The first kappa shape index (κ1) is 23.2. The summed E-state index contributed by atoms with van der Waals surface area (Å²) in [5.41, 5.74) is 4.15. The molecule has 0 bridgehead atoms. The number of pyridine rings is 1. The Hall–Kier alpha value is -2.54. The summed E-state index contributed by atoms with van der Waals surface area (Å²) in [7, 11) is 0. The van der Waals surface area contributed by atoms with Crippen molar-refractivity contribution in [2.75, 3.05) is 0 Å². The minimum atomic E-state index is 0.0194. The fourth-order valence-corrected chi connectivity index (χ4v) is 6.18. The van der Waals surface area contributed by atoms with Crippen LogP contribution < -0.4 is 5.56 Å². The van der Waals surface area contributed by atoms with Crippen molar-refractivity contribution in [2.45, 2.75) is 110 Å². The maximum atomic E-state index is 13.2. The number of rotatable bonds is 7. The van der Waals surface area contributed by atoms with Crippen LogP contribution in [0.25, 0.3) is 10.9 Å². The highest BCUT2D eigenvalue weighted by atomic mass is 16.1. The van der Waals surface area contributed by atoms with Gasteiger partial charge in [-0.3, -0.25) is 9.69 Å². The molecule has 1 atom stereocenters. The molecule has 1 N–H and O–H groups in total. The molecule has 7 nitrogen and oxygen atoms in total. The average molecular weight is 463 g/mol. The van der Waals surface area contributed by atoms with E-state index >= 15 is 0 Å². The van der Waals surface area contributed by atoms with E-state index in [1.165, 1.54) is 50.5 Å². The van der Waals surface area contributed by atoms with Crippen LogP contribution in [-0.2, 0) is 6.54 Å². The minimum Gasteiger partial charge on any atom is -0.321 e. The summed E-state index contributed by atoms with van der Waals surface area (Å²) in [6, 6.07) is 7.32. The molecule has 182 valence electrons. The summed E-state index contributed by atoms with van der Waals surface area (Å²) in [5, 5.41) is 14.3. The number of tetrazole rings is 1. The highest BCUT2D eigenvalue weighted by Crippen LogP contribution is 2.36. The van der Waals surface area contributed by atoms with Crippen molar-refractivity contribution in [2.24, 2.45) is 0 Å². The predicted octanol–water partition coefficient (Wildman–Crippen LogP) is 5.53. The maximum absolute atomic E-state index is 13.2. The lowest BCUT2D eigenvalue weighted by atomic mass is 9.95. The number of H-pyrrole nitrogens is 1. The molecule has 2 aliphatic carbocycles. The smallest absolute Gasteiger partial charge is 0.252 e. The molecule has 2 aromatic heterocycles. The Morgan fingerprint density at radius 1 is 1.09 bits per heavy atom. The molecule has 0 aliphatic heterocycles. The van der Waals surface area contributed by atoms with Crippen molar-refractivity contribution in [3.63, 3.8) is 0 Å². The molecule has 2 heterocycles. The standard InChI is InChI=1S/C27H38N6O/c1-4-24(26-29-30-31-33(26)23-12-6-5-7-13-23)32(22-10-8-9-11-22)17-21-16-20-15-14-18(2)19(3)25(20)28-27(21)34/h14-16,22-24H,4-13,17H2,1-3H3,(H,28,34). The van der Waals surface area contributed by atoms with Gasteiger partial charge < -0.3 is 4.98 Å². The van der Waals surface area contributed by atoms with Gasteiger partial charge in [-0.1, -0.05) is 51.2 Å². The molecular formula is C27H38N6O. The number of hydrogen-bond acceptors (Lipinski definition) is 5. The fraction of sp³-hybridized carbons (Fsp3) is 0.630. The molecule has 0 radical (unpaired) electrons. The van der Waals surface area contributed by atoms with E-state index in [0.717, 1.165) is 47.1 Å². The van der Waals surface area contributed by atoms with E-state index in [4.69, 9.17) is 0 Å². The molecule has 1 aromatic carbocycles. The summed E-state index contributed by atoms with van der Waals surface area (Å²) in [5.74, 6) is 0.977. The van der Waals surface area contributed by atoms with Gasteiger partial charge in [0.1, 0.15) is 0 Å². The topological polar surface area (TPSA) is 79.7 Å². The molecule has 0 amide bonds. The molecule has 1 unspecified atom stereocenters. The van der Waals surface area contributed by atoms with Crippen molar-refractivity contribution in [3.05, 3.63) is 51.1 Å². The number of fused-ring (bicyclic) bond motifs is 1. The van der Waals surface area contributed by atoms with Gasteiger partial charge in [-0.25, -0.2) is 4.68 Å². The lowest BCUT2D eigenvalue weighted by Gasteiger charge is -2.36. The van der Waals surface area contributed by atoms with Crippen LogP contribution in [0.3, 0.4) is 0 Å². The van der Waals surface area contributed by atoms with Crippen LogP contribution in [0, 0.1) is 13.8 Å². The largest absolute Gasteiger partial charge is 0.321 e. The first-order valence-corrected chi connectivity index (χ1v) is 13.2. The molecule has 2 aliphatic rings. The molecule has 2 fully saturated rings. The number of nitrogens with one attached hydrogen (secondary N) is 1. The zero-order chi connectivity index (χ0) is 23.7. The van der Waals surface area contributed by atoms with E-state index in [1.54, 1.807) is 0 Å². The van der Waals surface area contributed by atoms with Crippen LogP contribution in [0.1, 0.15) is 106 Å².